The lowest BCUT2D eigenvalue weighted by Crippen LogP contribution is -2.39. The maximum Gasteiger partial charge on any atom is 0.191 e. The Balaban J connectivity index is 0.00000312. The average molecular weight is 473 g/mol. The lowest BCUT2D eigenvalue weighted by Gasteiger charge is -2.12. The molecule has 0 aliphatic heterocycles. The van der Waals surface area contributed by atoms with Gasteiger partial charge in [0, 0.05) is 19.5 Å². The van der Waals surface area contributed by atoms with Gasteiger partial charge in [-0.3, -0.25) is 0 Å². The van der Waals surface area contributed by atoms with E-state index in [1.807, 2.05) is 42.1 Å². The molecule has 0 spiro atoms. The van der Waals surface area contributed by atoms with Crippen LogP contribution in [0.3, 0.4) is 0 Å². The minimum atomic E-state index is 0. The molecule has 0 aliphatic carbocycles. The van der Waals surface area contributed by atoms with E-state index < -0.39 is 0 Å². The molecule has 2 rings (SSSR count). The standard InChI is InChI=1S/C19H27N3OS.HI/c1-24-15-6-5-12-20-19(21-13-11-18-10-7-14-23-18)22-16-17-8-3-2-4-9-17;/h2-4,7-10,14H,5-6,11-13,15-16H2,1H3,(H2,20,21,22);1H. The van der Waals surface area contributed by atoms with Gasteiger partial charge in [-0.1, -0.05) is 30.3 Å². The predicted octanol–water partition coefficient (Wildman–Crippen LogP) is 4.32. The minimum Gasteiger partial charge on any atom is -0.469 e. The van der Waals surface area contributed by atoms with Crippen molar-refractivity contribution < 1.29 is 4.42 Å². The van der Waals surface area contributed by atoms with Crippen LogP contribution in [0.1, 0.15) is 24.2 Å². The third-order valence-electron chi connectivity index (χ3n) is 3.57. The predicted molar refractivity (Wildman–Crippen MR) is 119 cm³/mol. The van der Waals surface area contributed by atoms with Gasteiger partial charge in [0.15, 0.2) is 5.96 Å². The van der Waals surface area contributed by atoms with E-state index in [1.165, 1.54) is 17.7 Å². The van der Waals surface area contributed by atoms with Crippen molar-refractivity contribution in [2.24, 2.45) is 4.99 Å². The van der Waals surface area contributed by atoms with E-state index in [1.54, 1.807) is 6.26 Å². The SMILES string of the molecule is CSCCCCNC(=NCc1ccccc1)NCCc1ccco1.I. The molecule has 1 aromatic heterocycles. The largest absolute Gasteiger partial charge is 0.469 e. The van der Waals surface area contributed by atoms with Crippen LogP contribution in [0.2, 0.25) is 0 Å². The Labute approximate surface area is 172 Å². The molecule has 2 aromatic rings. The second kappa shape index (κ2) is 14.1. The highest BCUT2D eigenvalue weighted by Crippen LogP contribution is 2.02. The maximum atomic E-state index is 5.37. The van der Waals surface area contributed by atoms with Crippen molar-refractivity contribution in [3.05, 3.63) is 60.1 Å². The second-order valence-electron chi connectivity index (χ2n) is 5.53. The first kappa shape index (κ1) is 21.9. The molecule has 0 saturated carbocycles. The number of hydrogen-bond donors (Lipinski definition) is 2. The van der Waals surface area contributed by atoms with Gasteiger partial charge in [0.05, 0.1) is 12.8 Å². The van der Waals surface area contributed by atoms with Crippen LogP contribution in [0.15, 0.2) is 58.1 Å². The quantitative estimate of drug-likeness (QED) is 0.234. The molecule has 0 aliphatic rings. The van der Waals surface area contributed by atoms with E-state index in [2.05, 4.69) is 34.0 Å². The van der Waals surface area contributed by atoms with Gasteiger partial charge in [-0.15, -0.1) is 24.0 Å². The molecule has 6 heteroatoms. The van der Waals surface area contributed by atoms with Gasteiger partial charge in [-0.25, -0.2) is 4.99 Å². The van der Waals surface area contributed by atoms with Crippen molar-refractivity contribution in [2.75, 3.05) is 25.1 Å². The molecule has 1 aromatic carbocycles. The Morgan fingerprint density at radius 3 is 2.56 bits per heavy atom. The van der Waals surface area contributed by atoms with Crippen molar-refractivity contribution in [1.82, 2.24) is 10.6 Å². The fourth-order valence-electron chi connectivity index (χ4n) is 2.27. The molecule has 0 fully saturated rings. The Hall–Kier alpha value is -1.15. The lowest BCUT2D eigenvalue weighted by atomic mass is 10.2. The van der Waals surface area contributed by atoms with Crippen LogP contribution in [0.4, 0.5) is 0 Å². The number of thioether (sulfide) groups is 1. The molecule has 0 amide bonds. The van der Waals surface area contributed by atoms with E-state index >= 15 is 0 Å². The highest BCUT2D eigenvalue weighted by atomic mass is 127. The number of aliphatic imine (C=N–C) groups is 1. The highest BCUT2D eigenvalue weighted by molar-refractivity contribution is 14.0. The molecule has 138 valence electrons. The maximum absolute atomic E-state index is 5.37. The third kappa shape index (κ3) is 9.79. The van der Waals surface area contributed by atoms with Crippen LogP contribution in [0, 0.1) is 0 Å². The van der Waals surface area contributed by atoms with Gasteiger partial charge in [0.25, 0.3) is 0 Å². The number of rotatable bonds is 10. The summed E-state index contributed by atoms with van der Waals surface area (Å²) < 4.78 is 5.37. The number of benzene rings is 1. The smallest absolute Gasteiger partial charge is 0.191 e. The Kier molecular flexibility index (Phi) is 12.3. The zero-order chi connectivity index (χ0) is 16.9. The van der Waals surface area contributed by atoms with Crippen LogP contribution in [-0.4, -0.2) is 31.1 Å². The zero-order valence-corrected chi connectivity index (χ0v) is 17.9. The fraction of sp³-hybridized carbons (Fsp3) is 0.421. The first-order valence-electron chi connectivity index (χ1n) is 8.46. The monoisotopic (exact) mass is 473 g/mol. The number of guanidine groups is 1. The molecule has 4 nitrogen and oxygen atoms in total. The summed E-state index contributed by atoms with van der Waals surface area (Å²) in [5.74, 6) is 3.07. The summed E-state index contributed by atoms with van der Waals surface area (Å²) in [5.41, 5.74) is 1.21. The summed E-state index contributed by atoms with van der Waals surface area (Å²) in [4.78, 5) is 4.69. The van der Waals surface area contributed by atoms with E-state index in [4.69, 9.17) is 4.42 Å². The normalized spacial score (nSPS) is 11.0. The molecule has 0 saturated heterocycles. The molecular formula is C19H28IN3OS. The Morgan fingerprint density at radius 2 is 1.84 bits per heavy atom. The topological polar surface area (TPSA) is 49.6 Å². The lowest BCUT2D eigenvalue weighted by molar-refractivity contribution is 0.506. The van der Waals surface area contributed by atoms with Crippen molar-refractivity contribution in [2.45, 2.75) is 25.8 Å². The van der Waals surface area contributed by atoms with Crippen LogP contribution in [0.25, 0.3) is 0 Å². The Bertz CT molecular complexity index is 576. The van der Waals surface area contributed by atoms with Crippen molar-refractivity contribution in [1.29, 1.82) is 0 Å². The summed E-state index contributed by atoms with van der Waals surface area (Å²) in [6, 6.07) is 14.2. The zero-order valence-electron chi connectivity index (χ0n) is 14.7. The van der Waals surface area contributed by atoms with Crippen molar-refractivity contribution in [3.8, 4) is 0 Å². The van der Waals surface area contributed by atoms with E-state index in [9.17, 15) is 0 Å². The summed E-state index contributed by atoms with van der Waals surface area (Å²) in [6.07, 6.45) is 7.10. The number of unbranched alkanes of at least 4 members (excludes halogenated alkanes) is 1. The molecule has 0 atom stereocenters. The number of hydrogen-bond acceptors (Lipinski definition) is 3. The second-order valence-corrected chi connectivity index (χ2v) is 6.52. The van der Waals surface area contributed by atoms with E-state index in [-0.39, 0.29) is 24.0 Å². The van der Waals surface area contributed by atoms with Crippen molar-refractivity contribution >= 4 is 41.7 Å². The molecule has 0 unspecified atom stereocenters. The molecule has 2 N–H and O–H groups in total. The number of furan rings is 1. The van der Waals surface area contributed by atoms with Crippen molar-refractivity contribution in [3.63, 3.8) is 0 Å². The van der Waals surface area contributed by atoms with Gasteiger partial charge < -0.3 is 15.1 Å². The molecule has 25 heavy (non-hydrogen) atoms. The van der Waals surface area contributed by atoms with Gasteiger partial charge in [0.2, 0.25) is 0 Å². The molecule has 0 bridgehead atoms. The van der Waals surface area contributed by atoms with E-state index in [0.717, 1.165) is 37.7 Å². The first-order valence-corrected chi connectivity index (χ1v) is 9.85. The molecule has 0 radical (unpaired) electrons. The van der Waals surface area contributed by atoms with Crippen LogP contribution in [-0.2, 0) is 13.0 Å². The van der Waals surface area contributed by atoms with Crippen LogP contribution >= 0.6 is 35.7 Å². The number of nitrogens with one attached hydrogen (secondary N) is 2. The average Bonchev–Trinajstić information content (AvgIpc) is 3.13. The van der Waals surface area contributed by atoms with Gasteiger partial charge in [-0.2, -0.15) is 11.8 Å². The van der Waals surface area contributed by atoms with Gasteiger partial charge in [-0.05, 0) is 42.5 Å². The first-order chi connectivity index (χ1) is 11.9. The third-order valence-corrected chi connectivity index (χ3v) is 4.27. The van der Waals surface area contributed by atoms with Crippen LogP contribution < -0.4 is 10.6 Å². The summed E-state index contributed by atoms with van der Waals surface area (Å²) in [7, 11) is 0. The Morgan fingerprint density at radius 1 is 1.04 bits per heavy atom. The molecule has 1 heterocycles. The summed E-state index contributed by atoms with van der Waals surface area (Å²) in [5, 5.41) is 6.82. The van der Waals surface area contributed by atoms with Gasteiger partial charge in [0.1, 0.15) is 5.76 Å². The minimum absolute atomic E-state index is 0. The van der Waals surface area contributed by atoms with Crippen LogP contribution in [0.5, 0.6) is 0 Å². The van der Waals surface area contributed by atoms with E-state index in [0.29, 0.717) is 6.54 Å². The highest BCUT2D eigenvalue weighted by Gasteiger charge is 2.00. The molecular weight excluding hydrogens is 445 g/mol. The number of halogens is 1. The fourth-order valence-corrected chi connectivity index (χ4v) is 2.76. The van der Waals surface area contributed by atoms with Gasteiger partial charge >= 0.3 is 0 Å². The number of nitrogens with zero attached hydrogens (tertiary/aromatic N) is 1. The summed E-state index contributed by atoms with van der Waals surface area (Å²) in [6.45, 7) is 2.43. The summed E-state index contributed by atoms with van der Waals surface area (Å²) >= 11 is 1.90.